The number of methoxy groups -OCH3 is 1. The minimum atomic E-state index is -4.74. The number of carbonyl (C=O) groups is 1. The van der Waals surface area contributed by atoms with E-state index < -0.39 is 35.5 Å². The number of amides is 1. The van der Waals surface area contributed by atoms with Crippen LogP contribution in [0.5, 0.6) is 5.75 Å². The highest BCUT2D eigenvalue weighted by atomic mass is 19.4. The molecule has 0 aliphatic rings. The minimum Gasteiger partial charge on any atom is -0.497 e. The highest BCUT2D eigenvalue weighted by molar-refractivity contribution is 6.11. The van der Waals surface area contributed by atoms with Crippen LogP contribution in [0.2, 0.25) is 0 Å². The van der Waals surface area contributed by atoms with E-state index in [1.165, 1.54) is 37.4 Å². The molecule has 0 radical (unpaired) electrons. The van der Waals surface area contributed by atoms with Gasteiger partial charge in [-0.2, -0.15) is 36.4 Å². The Labute approximate surface area is 188 Å². The fraction of sp³-hybridized carbons (Fsp3) is 0.190. The maximum Gasteiger partial charge on any atom is 0.435 e. The SMILES string of the molecule is COc1ccc(C(=O)/N=C(/Nc2cccc(C(F)(F)F)c2)Nc2[nH]nc(C(F)(F)F)c2C)cc1. The Balaban J connectivity index is 1.97. The van der Waals surface area contributed by atoms with E-state index in [0.29, 0.717) is 5.75 Å². The van der Waals surface area contributed by atoms with E-state index in [4.69, 9.17) is 4.74 Å². The zero-order chi connectivity index (χ0) is 25.1. The van der Waals surface area contributed by atoms with Crippen molar-refractivity contribution in [2.24, 2.45) is 4.99 Å². The predicted octanol–water partition coefficient (Wildman–Crippen LogP) is 5.48. The van der Waals surface area contributed by atoms with Crippen LogP contribution in [-0.4, -0.2) is 29.2 Å². The lowest BCUT2D eigenvalue weighted by Crippen LogP contribution is -2.24. The lowest BCUT2D eigenvalue weighted by molar-refractivity contribution is -0.141. The van der Waals surface area contributed by atoms with Crippen molar-refractivity contribution in [1.29, 1.82) is 0 Å². The summed E-state index contributed by atoms with van der Waals surface area (Å²) in [5, 5.41) is 10.3. The highest BCUT2D eigenvalue weighted by Crippen LogP contribution is 2.33. The number of rotatable bonds is 4. The lowest BCUT2D eigenvalue weighted by Gasteiger charge is -2.14. The second kappa shape index (κ2) is 9.45. The highest BCUT2D eigenvalue weighted by Gasteiger charge is 2.37. The van der Waals surface area contributed by atoms with Crippen molar-refractivity contribution in [3.05, 3.63) is 70.9 Å². The zero-order valence-corrected chi connectivity index (χ0v) is 17.6. The van der Waals surface area contributed by atoms with Gasteiger partial charge in [0.1, 0.15) is 11.6 Å². The molecule has 0 atom stereocenters. The second-order valence-corrected chi connectivity index (χ2v) is 6.89. The van der Waals surface area contributed by atoms with E-state index in [9.17, 15) is 31.1 Å². The van der Waals surface area contributed by atoms with Gasteiger partial charge in [0.15, 0.2) is 5.69 Å². The molecule has 1 amide bonds. The molecule has 13 heteroatoms. The first-order valence-electron chi connectivity index (χ1n) is 9.49. The fourth-order valence-corrected chi connectivity index (χ4v) is 2.81. The molecule has 0 fully saturated rings. The fourth-order valence-electron chi connectivity index (χ4n) is 2.81. The van der Waals surface area contributed by atoms with Gasteiger partial charge in [-0.3, -0.25) is 9.89 Å². The number of aromatic amines is 1. The van der Waals surface area contributed by atoms with Crippen LogP contribution >= 0.6 is 0 Å². The maximum absolute atomic E-state index is 13.1. The van der Waals surface area contributed by atoms with Gasteiger partial charge in [-0.15, -0.1) is 0 Å². The topological polar surface area (TPSA) is 91.4 Å². The number of hydrogen-bond donors (Lipinski definition) is 3. The van der Waals surface area contributed by atoms with Crippen LogP contribution in [0, 0.1) is 6.92 Å². The molecule has 0 unspecified atom stereocenters. The number of aromatic nitrogens is 2. The normalized spacial score (nSPS) is 12.4. The number of nitrogens with zero attached hydrogens (tertiary/aromatic N) is 2. The largest absolute Gasteiger partial charge is 0.497 e. The van der Waals surface area contributed by atoms with Gasteiger partial charge in [-0.05, 0) is 49.4 Å². The quantitative estimate of drug-likeness (QED) is 0.259. The van der Waals surface area contributed by atoms with Crippen LogP contribution in [0.3, 0.4) is 0 Å². The average molecular weight is 485 g/mol. The van der Waals surface area contributed by atoms with Crippen molar-refractivity contribution in [2.45, 2.75) is 19.3 Å². The van der Waals surface area contributed by atoms with E-state index in [2.05, 4.69) is 25.8 Å². The molecule has 7 nitrogen and oxygen atoms in total. The summed E-state index contributed by atoms with van der Waals surface area (Å²) in [6.07, 6.45) is -9.38. The Bertz CT molecular complexity index is 1200. The standard InChI is InChI=1S/C21H17F6N5O2/c1-11-16(21(25,26)27)31-32-17(11)29-19(28-14-5-3-4-13(10-14)20(22,23)24)30-18(33)12-6-8-15(34-2)9-7-12/h3-10H,1-2H3,(H3,28,29,30,31,32,33). The Kier molecular flexibility index (Phi) is 6.84. The van der Waals surface area contributed by atoms with Gasteiger partial charge >= 0.3 is 12.4 Å². The molecule has 1 heterocycles. The number of halogens is 6. The number of anilines is 2. The molecule has 2 aromatic carbocycles. The zero-order valence-electron chi connectivity index (χ0n) is 17.6. The van der Waals surface area contributed by atoms with Gasteiger partial charge in [0.05, 0.1) is 12.7 Å². The van der Waals surface area contributed by atoms with Gasteiger partial charge in [0.2, 0.25) is 5.96 Å². The average Bonchev–Trinajstić information content (AvgIpc) is 3.13. The molecule has 1 aromatic heterocycles. The number of ether oxygens (including phenoxy) is 1. The van der Waals surface area contributed by atoms with Crippen molar-refractivity contribution in [3.8, 4) is 5.75 Å². The number of hydrogen-bond acceptors (Lipinski definition) is 3. The molecular formula is C21H17F6N5O2. The molecule has 34 heavy (non-hydrogen) atoms. The number of H-pyrrole nitrogens is 1. The predicted molar refractivity (Wildman–Crippen MR) is 112 cm³/mol. The summed E-state index contributed by atoms with van der Waals surface area (Å²) >= 11 is 0. The molecule has 0 saturated carbocycles. The summed E-state index contributed by atoms with van der Waals surface area (Å²) in [5.41, 5.74) is -2.52. The minimum absolute atomic E-state index is 0.100. The number of aliphatic imine (C=N–C) groups is 1. The van der Waals surface area contributed by atoms with Crippen LogP contribution < -0.4 is 15.4 Å². The monoisotopic (exact) mass is 485 g/mol. The summed E-state index contributed by atoms with van der Waals surface area (Å²) in [6, 6.07) is 9.77. The third-order valence-corrected chi connectivity index (χ3v) is 4.52. The molecule has 0 aliphatic carbocycles. The molecule has 0 saturated heterocycles. The number of benzene rings is 2. The molecule has 3 aromatic rings. The van der Waals surface area contributed by atoms with Crippen molar-refractivity contribution in [1.82, 2.24) is 10.2 Å². The van der Waals surface area contributed by atoms with Crippen LogP contribution in [0.4, 0.5) is 37.8 Å². The number of alkyl halides is 6. The van der Waals surface area contributed by atoms with E-state index in [1.807, 2.05) is 0 Å². The van der Waals surface area contributed by atoms with Crippen molar-refractivity contribution in [3.63, 3.8) is 0 Å². The smallest absolute Gasteiger partial charge is 0.435 e. The van der Waals surface area contributed by atoms with Crippen LogP contribution in [-0.2, 0) is 12.4 Å². The van der Waals surface area contributed by atoms with Gasteiger partial charge in [-0.1, -0.05) is 6.07 Å². The number of nitrogens with one attached hydrogen (secondary N) is 3. The first kappa shape index (κ1) is 24.6. The van der Waals surface area contributed by atoms with Crippen molar-refractivity contribution in [2.75, 3.05) is 17.7 Å². The summed E-state index contributed by atoms with van der Waals surface area (Å²) in [5.74, 6) is -1.04. The molecule has 0 aliphatic heterocycles. The van der Waals surface area contributed by atoms with Gasteiger partial charge in [0.25, 0.3) is 5.91 Å². The molecule has 0 bridgehead atoms. The van der Waals surface area contributed by atoms with Gasteiger partial charge in [-0.25, -0.2) is 0 Å². The first-order valence-corrected chi connectivity index (χ1v) is 9.49. The Morgan fingerprint density at radius 1 is 1.00 bits per heavy atom. The van der Waals surface area contributed by atoms with Crippen LogP contribution in [0.15, 0.2) is 53.5 Å². The Morgan fingerprint density at radius 2 is 1.68 bits per heavy atom. The summed E-state index contributed by atoms with van der Waals surface area (Å²) < 4.78 is 83.4. The number of guanidine groups is 1. The number of carbonyl (C=O) groups excluding carboxylic acids is 1. The van der Waals surface area contributed by atoms with Gasteiger partial charge in [0, 0.05) is 16.8 Å². The van der Waals surface area contributed by atoms with E-state index in [0.717, 1.165) is 25.1 Å². The van der Waals surface area contributed by atoms with E-state index in [1.54, 1.807) is 0 Å². The summed E-state index contributed by atoms with van der Waals surface area (Å²) in [4.78, 5) is 16.4. The molecule has 3 rings (SSSR count). The van der Waals surface area contributed by atoms with E-state index in [-0.39, 0.29) is 22.6 Å². The maximum atomic E-state index is 13.1. The van der Waals surface area contributed by atoms with E-state index >= 15 is 0 Å². The van der Waals surface area contributed by atoms with Gasteiger partial charge < -0.3 is 15.4 Å². The van der Waals surface area contributed by atoms with Crippen LogP contribution in [0.1, 0.15) is 27.2 Å². The molecular weight excluding hydrogens is 468 g/mol. The first-order chi connectivity index (χ1) is 15.9. The third kappa shape index (κ3) is 5.85. The molecule has 0 spiro atoms. The Hall–Kier alpha value is -4.03. The van der Waals surface area contributed by atoms with Crippen molar-refractivity contribution >= 4 is 23.4 Å². The lowest BCUT2D eigenvalue weighted by atomic mass is 10.2. The Morgan fingerprint density at radius 3 is 2.24 bits per heavy atom. The summed E-state index contributed by atoms with van der Waals surface area (Å²) in [7, 11) is 1.43. The molecule has 3 N–H and O–H groups in total. The third-order valence-electron chi connectivity index (χ3n) is 4.52. The van der Waals surface area contributed by atoms with Crippen LogP contribution in [0.25, 0.3) is 0 Å². The van der Waals surface area contributed by atoms with Crippen molar-refractivity contribution < 1.29 is 35.9 Å². The molecule has 180 valence electrons. The summed E-state index contributed by atoms with van der Waals surface area (Å²) in [6.45, 7) is 1.13. The second-order valence-electron chi connectivity index (χ2n) is 6.89.